The molecule has 1 aliphatic heterocycles. The Bertz CT molecular complexity index is 1200. The summed E-state index contributed by atoms with van der Waals surface area (Å²) in [5.74, 6) is -4.71. The van der Waals surface area contributed by atoms with Crippen molar-refractivity contribution in [1.29, 1.82) is 0 Å². The fourth-order valence-electron chi connectivity index (χ4n) is 3.76. The average Bonchev–Trinajstić information content (AvgIpc) is 2.83. The van der Waals surface area contributed by atoms with Crippen LogP contribution in [-0.2, 0) is 0 Å². The highest BCUT2D eigenvalue weighted by atomic mass is 19.2. The highest BCUT2D eigenvalue weighted by molar-refractivity contribution is 6.04. The van der Waals surface area contributed by atoms with Crippen LogP contribution in [0.5, 0.6) is 5.75 Å². The first-order valence-corrected chi connectivity index (χ1v) is 10.9. The highest BCUT2D eigenvalue weighted by Gasteiger charge is 2.23. The van der Waals surface area contributed by atoms with Crippen LogP contribution in [0, 0.1) is 24.4 Å². The zero-order valence-electron chi connectivity index (χ0n) is 18.8. The number of benzene rings is 2. The number of nitrogens with one attached hydrogen (secondary N) is 2. The molecule has 2 aromatic carbocycles. The van der Waals surface area contributed by atoms with Crippen molar-refractivity contribution in [2.75, 3.05) is 35.7 Å². The lowest BCUT2D eigenvalue weighted by molar-refractivity contribution is 0.102. The minimum absolute atomic E-state index is 0.339. The van der Waals surface area contributed by atoms with Gasteiger partial charge in [0.2, 0.25) is 11.8 Å². The van der Waals surface area contributed by atoms with Gasteiger partial charge in [-0.2, -0.15) is 9.37 Å². The molecule has 3 aromatic rings. The summed E-state index contributed by atoms with van der Waals surface area (Å²) < 4.78 is 46.2. The Labute approximate surface area is 195 Å². The van der Waals surface area contributed by atoms with E-state index in [4.69, 9.17) is 0 Å². The number of carbonyl (C=O) groups excluding carboxylic acids is 1. The number of ether oxygens (including phenoxy) is 1. The molecule has 1 saturated heterocycles. The van der Waals surface area contributed by atoms with Crippen molar-refractivity contribution >= 4 is 29.0 Å². The molecule has 0 bridgehead atoms. The molecule has 2 heterocycles. The summed E-state index contributed by atoms with van der Waals surface area (Å²) in [5.41, 5.74) is 1.22. The summed E-state index contributed by atoms with van der Waals surface area (Å²) in [6.45, 7) is 3.77. The molecule has 1 aromatic heterocycles. The maximum atomic E-state index is 14.4. The Morgan fingerprint density at radius 3 is 2.32 bits per heavy atom. The summed E-state index contributed by atoms with van der Waals surface area (Å²) in [5, 5.41) is 5.68. The Morgan fingerprint density at radius 2 is 1.65 bits per heavy atom. The van der Waals surface area contributed by atoms with Crippen molar-refractivity contribution in [3.8, 4) is 5.75 Å². The zero-order valence-corrected chi connectivity index (χ0v) is 18.8. The normalized spacial score (nSPS) is 13.5. The van der Waals surface area contributed by atoms with Gasteiger partial charge in [0.15, 0.2) is 17.4 Å². The van der Waals surface area contributed by atoms with E-state index in [1.54, 1.807) is 24.3 Å². The van der Waals surface area contributed by atoms with E-state index in [9.17, 15) is 18.0 Å². The second-order valence-corrected chi connectivity index (χ2v) is 7.97. The number of amides is 1. The van der Waals surface area contributed by atoms with Crippen LogP contribution >= 0.6 is 0 Å². The van der Waals surface area contributed by atoms with Gasteiger partial charge in [0.25, 0.3) is 5.91 Å². The van der Waals surface area contributed by atoms with E-state index in [0.717, 1.165) is 38.7 Å². The van der Waals surface area contributed by atoms with Gasteiger partial charge < -0.3 is 20.3 Å². The molecule has 0 radical (unpaired) electrons. The van der Waals surface area contributed by atoms with Crippen LogP contribution in [0.25, 0.3) is 0 Å². The summed E-state index contributed by atoms with van der Waals surface area (Å²) >= 11 is 0. The number of aromatic nitrogens is 2. The smallest absolute Gasteiger partial charge is 0.258 e. The molecule has 1 fully saturated rings. The van der Waals surface area contributed by atoms with Gasteiger partial charge >= 0.3 is 0 Å². The standard InChI is InChI=1S/C24H24F3N5O2/c1-14-12-19(31-24(28-14)32-10-4-3-5-11-32)29-15-6-8-16(9-7-15)30-23(33)17-13-18(25)21(27)22(34-2)20(17)26/h6-9,12-13H,3-5,10-11H2,1-2H3,(H,30,33)(H,28,29,31). The second kappa shape index (κ2) is 9.98. The van der Waals surface area contributed by atoms with Crippen LogP contribution in [-0.4, -0.2) is 36.1 Å². The quantitative estimate of drug-likeness (QED) is 0.482. The number of aryl methyl sites for hydroxylation is 1. The van der Waals surface area contributed by atoms with Crippen LogP contribution in [0.2, 0.25) is 0 Å². The van der Waals surface area contributed by atoms with Crippen LogP contribution in [0.3, 0.4) is 0 Å². The van der Waals surface area contributed by atoms with Crippen molar-refractivity contribution in [2.24, 2.45) is 0 Å². The summed E-state index contributed by atoms with van der Waals surface area (Å²) in [7, 11) is 0.989. The minimum atomic E-state index is -1.49. The zero-order chi connectivity index (χ0) is 24.2. The number of hydrogen-bond donors (Lipinski definition) is 2. The van der Waals surface area contributed by atoms with E-state index in [2.05, 4.69) is 30.2 Å². The van der Waals surface area contributed by atoms with Crippen molar-refractivity contribution < 1.29 is 22.7 Å². The van der Waals surface area contributed by atoms with Crippen molar-refractivity contribution in [3.05, 3.63) is 65.1 Å². The first kappa shape index (κ1) is 23.3. The Balaban J connectivity index is 1.47. The topological polar surface area (TPSA) is 79.4 Å². The predicted molar refractivity (Wildman–Crippen MR) is 123 cm³/mol. The van der Waals surface area contributed by atoms with Gasteiger partial charge in [-0.05, 0) is 56.5 Å². The summed E-state index contributed by atoms with van der Waals surface area (Å²) in [6.07, 6.45) is 3.45. The number of anilines is 4. The molecule has 1 aliphatic rings. The fraction of sp³-hybridized carbons (Fsp3) is 0.292. The Morgan fingerprint density at radius 1 is 0.971 bits per heavy atom. The Kier molecular flexibility index (Phi) is 6.85. The number of carbonyl (C=O) groups is 1. The third-order valence-electron chi connectivity index (χ3n) is 5.46. The van der Waals surface area contributed by atoms with E-state index in [0.29, 0.717) is 29.2 Å². The van der Waals surface area contributed by atoms with E-state index in [1.807, 2.05) is 13.0 Å². The summed E-state index contributed by atoms with van der Waals surface area (Å²) in [6, 6.07) is 8.92. The van der Waals surface area contributed by atoms with E-state index >= 15 is 0 Å². The molecule has 0 unspecified atom stereocenters. The number of nitrogens with zero attached hydrogens (tertiary/aromatic N) is 3. The van der Waals surface area contributed by atoms with Crippen molar-refractivity contribution in [1.82, 2.24) is 9.97 Å². The Hall–Kier alpha value is -3.82. The van der Waals surface area contributed by atoms with Crippen molar-refractivity contribution in [3.63, 3.8) is 0 Å². The molecule has 0 atom stereocenters. The largest absolute Gasteiger partial charge is 0.491 e. The van der Waals surface area contributed by atoms with Crippen LogP contribution in [0.4, 0.5) is 36.3 Å². The third-order valence-corrected chi connectivity index (χ3v) is 5.46. The first-order valence-electron chi connectivity index (χ1n) is 10.9. The van der Waals surface area contributed by atoms with Gasteiger partial charge in [-0.25, -0.2) is 13.8 Å². The van der Waals surface area contributed by atoms with Crippen LogP contribution in [0.15, 0.2) is 36.4 Å². The lowest BCUT2D eigenvalue weighted by Crippen LogP contribution is -2.31. The van der Waals surface area contributed by atoms with Gasteiger partial charge in [0.1, 0.15) is 5.82 Å². The molecule has 34 heavy (non-hydrogen) atoms. The molecule has 1 amide bonds. The third kappa shape index (κ3) is 5.05. The number of rotatable bonds is 6. The maximum Gasteiger partial charge on any atom is 0.258 e. The molecule has 10 heteroatoms. The minimum Gasteiger partial charge on any atom is -0.491 e. The van der Waals surface area contributed by atoms with Gasteiger partial charge in [-0.3, -0.25) is 4.79 Å². The monoisotopic (exact) mass is 471 g/mol. The van der Waals surface area contributed by atoms with Crippen LogP contribution < -0.4 is 20.3 Å². The molecule has 0 saturated carbocycles. The molecule has 0 aliphatic carbocycles. The predicted octanol–water partition coefficient (Wildman–Crippen LogP) is 5.20. The molecule has 178 valence electrons. The molecular formula is C24H24F3N5O2. The fourth-order valence-corrected chi connectivity index (χ4v) is 3.76. The molecular weight excluding hydrogens is 447 g/mol. The van der Waals surface area contributed by atoms with E-state index in [1.165, 1.54) is 6.42 Å². The molecule has 7 nitrogen and oxygen atoms in total. The number of piperidine rings is 1. The summed E-state index contributed by atoms with van der Waals surface area (Å²) in [4.78, 5) is 23.8. The van der Waals surface area contributed by atoms with Crippen molar-refractivity contribution in [2.45, 2.75) is 26.2 Å². The van der Waals surface area contributed by atoms with Gasteiger partial charge in [-0.15, -0.1) is 0 Å². The second-order valence-electron chi connectivity index (χ2n) is 7.97. The van der Waals surface area contributed by atoms with E-state index < -0.39 is 34.7 Å². The molecule has 4 rings (SSSR count). The lowest BCUT2D eigenvalue weighted by atomic mass is 10.1. The number of methoxy groups -OCH3 is 1. The molecule has 0 spiro atoms. The average molecular weight is 471 g/mol. The SMILES string of the molecule is COc1c(F)c(F)cc(C(=O)Nc2ccc(Nc3cc(C)nc(N4CCCCC4)n3)cc2)c1F. The van der Waals surface area contributed by atoms with Gasteiger partial charge in [0.05, 0.1) is 12.7 Å². The molecule has 2 N–H and O–H groups in total. The van der Waals surface area contributed by atoms with Gasteiger partial charge in [-0.1, -0.05) is 0 Å². The number of halogens is 3. The van der Waals surface area contributed by atoms with E-state index in [-0.39, 0.29) is 0 Å². The first-order chi connectivity index (χ1) is 16.4. The maximum absolute atomic E-state index is 14.4. The van der Waals surface area contributed by atoms with Gasteiger partial charge in [0, 0.05) is 36.2 Å². The lowest BCUT2D eigenvalue weighted by Gasteiger charge is -2.27. The number of hydrogen-bond acceptors (Lipinski definition) is 6. The van der Waals surface area contributed by atoms with Crippen LogP contribution in [0.1, 0.15) is 35.3 Å². The highest BCUT2D eigenvalue weighted by Crippen LogP contribution is 2.28.